The van der Waals surface area contributed by atoms with E-state index in [0.717, 1.165) is 37.9 Å². The Morgan fingerprint density at radius 3 is 2.57 bits per heavy atom. The predicted molar refractivity (Wildman–Crippen MR) is 89.6 cm³/mol. The first-order valence-corrected chi connectivity index (χ1v) is 8.58. The highest BCUT2D eigenvalue weighted by Crippen LogP contribution is 2.21. The Morgan fingerprint density at radius 2 is 1.91 bits per heavy atom. The zero-order chi connectivity index (χ0) is 17.0. The number of hydrogen-bond donors (Lipinski definition) is 2. The number of hydrogen-bond acceptors (Lipinski definition) is 3. The maximum Gasteiger partial charge on any atom is 0.287 e. The molecule has 0 saturated heterocycles. The summed E-state index contributed by atoms with van der Waals surface area (Å²) < 4.78 is 1.92. The first-order chi connectivity index (χ1) is 10.9. The summed E-state index contributed by atoms with van der Waals surface area (Å²) in [7, 11) is 0. The van der Waals surface area contributed by atoms with Crippen LogP contribution in [0.5, 0.6) is 0 Å². The van der Waals surface area contributed by atoms with Crippen molar-refractivity contribution < 1.29 is 9.59 Å². The molecule has 2 heterocycles. The van der Waals surface area contributed by atoms with Gasteiger partial charge in [-0.3, -0.25) is 9.59 Å². The lowest BCUT2D eigenvalue weighted by Gasteiger charge is -2.17. The number of nitrogens with one attached hydrogen (secondary N) is 2. The Bertz CT molecular complexity index is 575. The van der Waals surface area contributed by atoms with Crippen LogP contribution < -0.4 is 10.6 Å². The monoisotopic (exact) mass is 320 g/mol. The van der Waals surface area contributed by atoms with Crippen LogP contribution in [-0.4, -0.2) is 34.0 Å². The summed E-state index contributed by atoms with van der Waals surface area (Å²) in [5.74, 6) is 0.540. The average molecular weight is 320 g/mol. The van der Waals surface area contributed by atoms with E-state index >= 15 is 0 Å². The van der Waals surface area contributed by atoms with Gasteiger partial charge in [0.05, 0.1) is 5.69 Å². The van der Waals surface area contributed by atoms with Gasteiger partial charge in [-0.25, -0.2) is 4.98 Å². The van der Waals surface area contributed by atoms with E-state index in [1.807, 2.05) is 18.4 Å². The van der Waals surface area contributed by atoms with E-state index in [1.165, 1.54) is 0 Å². The SMILES string of the molecule is CC(C)CCNC(=O)c1nc(C(=O)NC(C)C)c2n1CCCC2. The van der Waals surface area contributed by atoms with Crippen LogP contribution in [0.25, 0.3) is 0 Å². The molecule has 2 rings (SSSR count). The molecule has 0 unspecified atom stereocenters. The van der Waals surface area contributed by atoms with Crippen molar-refractivity contribution in [3.63, 3.8) is 0 Å². The topological polar surface area (TPSA) is 76.0 Å². The molecular formula is C17H28N4O2. The minimum Gasteiger partial charge on any atom is -0.349 e. The number of aromatic nitrogens is 2. The third kappa shape index (κ3) is 4.33. The molecule has 2 N–H and O–H groups in total. The molecular weight excluding hydrogens is 292 g/mol. The van der Waals surface area contributed by atoms with Gasteiger partial charge in [-0.2, -0.15) is 0 Å². The second-order valence-corrected chi connectivity index (χ2v) is 6.91. The second kappa shape index (κ2) is 7.62. The maximum atomic E-state index is 12.4. The fraction of sp³-hybridized carbons (Fsp3) is 0.706. The van der Waals surface area contributed by atoms with Crippen molar-refractivity contribution in [2.75, 3.05) is 6.54 Å². The molecule has 128 valence electrons. The quantitative estimate of drug-likeness (QED) is 0.843. The largest absolute Gasteiger partial charge is 0.349 e. The van der Waals surface area contributed by atoms with E-state index < -0.39 is 0 Å². The smallest absolute Gasteiger partial charge is 0.287 e. The van der Waals surface area contributed by atoms with Crippen LogP contribution in [0.15, 0.2) is 0 Å². The van der Waals surface area contributed by atoms with Crippen LogP contribution >= 0.6 is 0 Å². The van der Waals surface area contributed by atoms with Crippen LogP contribution in [0.2, 0.25) is 0 Å². The minimum atomic E-state index is -0.188. The van der Waals surface area contributed by atoms with Crippen molar-refractivity contribution in [3.05, 3.63) is 17.2 Å². The van der Waals surface area contributed by atoms with E-state index in [9.17, 15) is 9.59 Å². The summed E-state index contributed by atoms with van der Waals surface area (Å²) in [5, 5.41) is 5.79. The summed E-state index contributed by atoms with van der Waals surface area (Å²) in [5.41, 5.74) is 1.30. The highest BCUT2D eigenvalue weighted by Gasteiger charge is 2.27. The van der Waals surface area contributed by atoms with Crippen LogP contribution in [0.4, 0.5) is 0 Å². The minimum absolute atomic E-state index is 0.0479. The summed E-state index contributed by atoms with van der Waals surface area (Å²) in [6.07, 6.45) is 3.77. The first kappa shape index (κ1) is 17.5. The fourth-order valence-electron chi connectivity index (χ4n) is 2.78. The van der Waals surface area contributed by atoms with Gasteiger partial charge in [0.15, 0.2) is 5.82 Å². The van der Waals surface area contributed by atoms with Gasteiger partial charge in [-0.15, -0.1) is 0 Å². The lowest BCUT2D eigenvalue weighted by Crippen LogP contribution is -2.31. The van der Waals surface area contributed by atoms with Gasteiger partial charge >= 0.3 is 0 Å². The lowest BCUT2D eigenvalue weighted by atomic mass is 10.1. The molecule has 6 nitrogen and oxygen atoms in total. The van der Waals surface area contributed by atoms with Crippen molar-refractivity contribution >= 4 is 11.8 Å². The Balaban J connectivity index is 2.21. The Labute approximate surface area is 138 Å². The molecule has 0 fully saturated rings. The summed E-state index contributed by atoms with van der Waals surface area (Å²) in [6.45, 7) is 9.46. The zero-order valence-electron chi connectivity index (χ0n) is 14.6. The van der Waals surface area contributed by atoms with E-state index in [4.69, 9.17) is 0 Å². The Kier molecular flexibility index (Phi) is 5.80. The van der Waals surface area contributed by atoms with Crippen molar-refractivity contribution in [2.45, 2.75) is 66.0 Å². The summed E-state index contributed by atoms with van der Waals surface area (Å²) >= 11 is 0. The van der Waals surface area contributed by atoms with E-state index in [0.29, 0.717) is 24.0 Å². The highest BCUT2D eigenvalue weighted by atomic mass is 16.2. The molecule has 0 radical (unpaired) electrons. The number of rotatable bonds is 6. The number of nitrogens with zero attached hydrogens (tertiary/aromatic N) is 2. The van der Waals surface area contributed by atoms with Gasteiger partial charge in [0, 0.05) is 19.1 Å². The van der Waals surface area contributed by atoms with Crippen molar-refractivity contribution in [2.24, 2.45) is 5.92 Å². The van der Waals surface area contributed by atoms with Crippen molar-refractivity contribution in [1.82, 2.24) is 20.2 Å². The molecule has 1 aromatic heterocycles. The Morgan fingerprint density at radius 1 is 1.17 bits per heavy atom. The lowest BCUT2D eigenvalue weighted by molar-refractivity contribution is 0.0935. The number of fused-ring (bicyclic) bond motifs is 1. The van der Waals surface area contributed by atoms with Crippen LogP contribution in [0.3, 0.4) is 0 Å². The van der Waals surface area contributed by atoms with Gasteiger partial charge < -0.3 is 15.2 Å². The maximum absolute atomic E-state index is 12.4. The van der Waals surface area contributed by atoms with E-state index in [-0.39, 0.29) is 17.9 Å². The van der Waals surface area contributed by atoms with Crippen molar-refractivity contribution in [1.29, 1.82) is 0 Å². The molecule has 6 heteroatoms. The van der Waals surface area contributed by atoms with Gasteiger partial charge in [0.2, 0.25) is 0 Å². The highest BCUT2D eigenvalue weighted by molar-refractivity contribution is 5.97. The number of carbonyl (C=O) groups excluding carboxylic acids is 2. The Hall–Kier alpha value is -1.85. The molecule has 0 atom stereocenters. The molecule has 0 aliphatic carbocycles. The van der Waals surface area contributed by atoms with Gasteiger partial charge in [0.1, 0.15) is 5.69 Å². The van der Waals surface area contributed by atoms with E-state index in [2.05, 4.69) is 29.5 Å². The summed E-state index contributed by atoms with van der Waals surface area (Å²) in [6, 6.07) is 0.0479. The third-order valence-electron chi connectivity index (χ3n) is 3.96. The summed E-state index contributed by atoms with van der Waals surface area (Å²) in [4.78, 5) is 29.2. The molecule has 0 bridgehead atoms. The predicted octanol–water partition coefficient (Wildman–Crippen LogP) is 2.13. The average Bonchev–Trinajstić information content (AvgIpc) is 2.85. The molecule has 23 heavy (non-hydrogen) atoms. The van der Waals surface area contributed by atoms with Crippen molar-refractivity contribution in [3.8, 4) is 0 Å². The van der Waals surface area contributed by atoms with E-state index in [1.54, 1.807) is 0 Å². The van der Waals surface area contributed by atoms with Gasteiger partial charge in [-0.05, 0) is 45.4 Å². The zero-order valence-corrected chi connectivity index (χ0v) is 14.6. The molecule has 0 spiro atoms. The molecule has 1 aliphatic rings. The van der Waals surface area contributed by atoms with Crippen LogP contribution in [0.1, 0.15) is 73.8 Å². The molecule has 1 aliphatic heterocycles. The van der Waals surface area contributed by atoms with Gasteiger partial charge in [-0.1, -0.05) is 13.8 Å². The number of carbonyl (C=O) groups is 2. The van der Waals surface area contributed by atoms with Crippen LogP contribution in [-0.2, 0) is 13.0 Å². The number of imidazole rings is 1. The standard InChI is InChI=1S/C17H28N4O2/c1-11(2)8-9-18-17(23)15-20-14(16(22)19-12(3)4)13-7-5-6-10-21(13)15/h11-12H,5-10H2,1-4H3,(H,18,23)(H,19,22). The fourth-order valence-corrected chi connectivity index (χ4v) is 2.78. The third-order valence-corrected chi connectivity index (χ3v) is 3.96. The second-order valence-electron chi connectivity index (χ2n) is 6.91. The van der Waals surface area contributed by atoms with Crippen LogP contribution in [0, 0.1) is 5.92 Å². The normalized spacial score (nSPS) is 14.0. The molecule has 2 amide bonds. The van der Waals surface area contributed by atoms with Gasteiger partial charge in [0.25, 0.3) is 11.8 Å². The molecule has 0 saturated carbocycles. The first-order valence-electron chi connectivity index (χ1n) is 8.58. The molecule has 1 aromatic rings. The number of amides is 2. The molecule has 0 aromatic carbocycles.